The van der Waals surface area contributed by atoms with Crippen LogP contribution in [0, 0.1) is 5.92 Å². The maximum Gasteiger partial charge on any atom is 0.416 e. The first-order valence-electron chi connectivity index (χ1n) is 13.6. The molecule has 2 aromatic rings. The number of hydrogen-bond acceptors (Lipinski definition) is 6. The van der Waals surface area contributed by atoms with Gasteiger partial charge in [-0.1, -0.05) is 0 Å². The van der Waals surface area contributed by atoms with E-state index in [0.717, 1.165) is 42.7 Å². The normalized spacial score (nSPS) is 20.6. The number of benzene rings is 1. The Bertz CT molecular complexity index is 1230. The number of ether oxygens (including phenoxy) is 1. The van der Waals surface area contributed by atoms with E-state index in [1.165, 1.54) is 6.07 Å². The van der Waals surface area contributed by atoms with Crippen molar-refractivity contribution in [3.8, 4) is 0 Å². The first-order chi connectivity index (χ1) is 18.7. The number of esters is 1. The van der Waals surface area contributed by atoms with Crippen molar-refractivity contribution >= 4 is 34.6 Å². The number of halogens is 3. The number of anilines is 1. The third kappa shape index (κ3) is 7.04. The van der Waals surface area contributed by atoms with Crippen LogP contribution in [-0.4, -0.2) is 76.9 Å². The SMILES string of the molecule is CCOC(=O)C1CCC(N2CC(NC(=O)CN(C(=O)NC(C)(C)C)c3n[nH]c4ccc(C(F)(F)F)cc34)C2)CC1. The highest BCUT2D eigenvalue weighted by molar-refractivity contribution is 6.04. The number of hydrogen-bond donors (Lipinski definition) is 3. The smallest absolute Gasteiger partial charge is 0.416 e. The summed E-state index contributed by atoms with van der Waals surface area (Å²) in [5.74, 6) is -0.688. The minimum absolute atomic E-state index is 0.0523. The monoisotopic (exact) mass is 566 g/mol. The molecule has 1 saturated heterocycles. The van der Waals surface area contributed by atoms with Crippen LogP contribution in [0.5, 0.6) is 0 Å². The highest BCUT2D eigenvalue weighted by atomic mass is 19.4. The van der Waals surface area contributed by atoms with E-state index in [9.17, 15) is 27.6 Å². The van der Waals surface area contributed by atoms with Gasteiger partial charge in [0.1, 0.15) is 6.54 Å². The molecule has 2 fully saturated rings. The molecule has 40 heavy (non-hydrogen) atoms. The van der Waals surface area contributed by atoms with Crippen molar-refractivity contribution in [1.82, 2.24) is 25.7 Å². The van der Waals surface area contributed by atoms with E-state index in [4.69, 9.17) is 4.74 Å². The largest absolute Gasteiger partial charge is 0.466 e. The lowest BCUT2D eigenvalue weighted by atomic mass is 9.84. The van der Waals surface area contributed by atoms with E-state index in [1.807, 2.05) is 0 Å². The molecule has 4 rings (SSSR count). The topological polar surface area (TPSA) is 120 Å². The van der Waals surface area contributed by atoms with Crippen molar-refractivity contribution in [3.05, 3.63) is 23.8 Å². The highest BCUT2D eigenvalue weighted by Crippen LogP contribution is 2.34. The van der Waals surface area contributed by atoms with Crippen LogP contribution >= 0.6 is 0 Å². The minimum Gasteiger partial charge on any atom is -0.466 e. The number of fused-ring (bicyclic) bond motifs is 1. The Morgan fingerprint density at radius 1 is 1.12 bits per heavy atom. The fraction of sp³-hybridized carbons (Fsp3) is 0.630. The molecule has 3 N–H and O–H groups in total. The number of carbonyl (C=O) groups is 3. The lowest BCUT2D eigenvalue weighted by Gasteiger charge is -2.46. The van der Waals surface area contributed by atoms with Crippen LogP contribution in [0.1, 0.15) is 58.9 Å². The summed E-state index contributed by atoms with van der Waals surface area (Å²) in [6, 6.07) is 2.67. The van der Waals surface area contributed by atoms with E-state index in [0.29, 0.717) is 31.3 Å². The number of likely N-dealkylation sites (tertiary alicyclic amines) is 1. The summed E-state index contributed by atoms with van der Waals surface area (Å²) in [4.78, 5) is 41.5. The molecule has 0 radical (unpaired) electrons. The Morgan fingerprint density at radius 3 is 2.40 bits per heavy atom. The summed E-state index contributed by atoms with van der Waals surface area (Å²) in [7, 11) is 0. The van der Waals surface area contributed by atoms with Gasteiger partial charge in [-0.05, 0) is 71.6 Å². The average Bonchev–Trinajstić information content (AvgIpc) is 3.26. The van der Waals surface area contributed by atoms with Crippen molar-refractivity contribution in [2.24, 2.45) is 5.92 Å². The van der Waals surface area contributed by atoms with Crippen molar-refractivity contribution in [1.29, 1.82) is 0 Å². The van der Waals surface area contributed by atoms with Gasteiger partial charge in [-0.15, -0.1) is 0 Å². The van der Waals surface area contributed by atoms with Crippen LogP contribution < -0.4 is 15.5 Å². The van der Waals surface area contributed by atoms with Crippen molar-refractivity contribution < 1.29 is 32.3 Å². The van der Waals surface area contributed by atoms with E-state index in [1.54, 1.807) is 27.7 Å². The Hall–Kier alpha value is -3.35. The average molecular weight is 567 g/mol. The van der Waals surface area contributed by atoms with Crippen LogP contribution in [0.3, 0.4) is 0 Å². The lowest BCUT2D eigenvalue weighted by Crippen LogP contribution is -2.63. The molecule has 2 heterocycles. The van der Waals surface area contributed by atoms with Gasteiger partial charge < -0.3 is 15.4 Å². The number of nitrogens with one attached hydrogen (secondary N) is 3. The number of carbonyl (C=O) groups excluding carboxylic acids is 3. The van der Waals surface area contributed by atoms with Gasteiger partial charge in [-0.2, -0.15) is 18.3 Å². The minimum atomic E-state index is -4.58. The summed E-state index contributed by atoms with van der Waals surface area (Å²) in [6.45, 7) is 8.34. The number of rotatable bonds is 7. The van der Waals surface area contributed by atoms with Crippen LogP contribution in [0.2, 0.25) is 0 Å². The molecule has 1 aromatic carbocycles. The standard InChI is InChI=1S/C27H37F3N6O4/c1-5-40-24(38)16-6-9-19(10-7-16)35-13-18(14-35)31-22(37)15-36(25(39)32-26(2,3)4)23-20-12-17(27(28,29)30)8-11-21(20)33-34-23/h8,11-12,16,18-19H,5-7,9-10,13-15H2,1-4H3,(H,31,37)(H,32,39)(H,33,34). The van der Waals surface area contributed by atoms with E-state index < -0.39 is 35.8 Å². The van der Waals surface area contributed by atoms with Crippen LogP contribution in [0.15, 0.2) is 18.2 Å². The summed E-state index contributed by atoms with van der Waals surface area (Å²) in [5, 5.41) is 12.5. The molecule has 0 bridgehead atoms. The Kier molecular flexibility index (Phi) is 8.62. The van der Waals surface area contributed by atoms with Gasteiger partial charge in [0.2, 0.25) is 5.91 Å². The molecule has 0 atom stereocenters. The first kappa shape index (κ1) is 29.6. The second-order valence-electron chi connectivity index (χ2n) is 11.5. The maximum atomic E-state index is 13.4. The Balaban J connectivity index is 1.39. The first-order valence-corrected chi connectivity index (χ1v) is 13.6. The number of nitrogens with zero attached hydrogens (tertiary/aromatic N) is 3. The Labute approximate surface area is 231 Å². The van der Waals surface area contributed by atoms with Gasteiger partial charge in [0, 0.05) is 30.1 Å². The van der Waals surface area contributed by atoms with Gasteiger partial charge >= 0.3 is 18.2 Å². The number of aromatic nitrogens is 2. The molecular weight excluding hydrogens is 529 g/mol. The molecule has 0 unspecified atom stereocenters. The number of amides is 3. The van der Waals surface area contributed by atoms with Gasteiger partial charge in [0.15, 0.2) is 5.82 Å². The molecule has 13 heteroatoms. The summed E-state index contributed by atoms with van der Waals surface area (Å²) < 4.78 is 45.3. The molecule has 2 aliphatic rings. The van der Waals surface area contributed by atoms with Gasteiger partial charge in [-0.3, -0.25) is 24.5 Å². The molecule has 1 aliphatic carbocycles. The van der Waals surface area contributed by atoms with Crippen molar-refractivity contribution in [3.63, 3.8) is 0 Å². The highest BCUT2D eigenvalue weighted by Gasteiger charge is 2.38. The second-order valence-corrected chi connectivity index (χ2v) is 11.5. The summed E-state index contributed by atoms with van der Waals surface area (Å²) in [6.07, 6.45) is -1.24. The fourth-order valence-corrected chi connectivity index (χ4v) is 5.27. The molecule has 220 valence electrons. The molecule has 1 saturated carbocycles. The van der Waals surface area contributed by atoms with Gasteiger partial charge in [-0.25, -0.2) is 4.79 Å². The van der Waals surface area contributed by atoms with Crippen molar-refractivity contribution in [2.45, 2.75) is 77.2 Å². The zero-order chi connectivity index (χ0) is 29.2. The van der Waals surface area contributed by atoms with E-state index in [-0.39, 0.29) is 29.1 Å². The molecule has 10 nitrogen and oxygen atoms in total. The van der Waals surface area contributed by atoms with Crippen LogP contribution in [0.4, 0.5) is 23.8 Å². The van der Waals surface area contributed by atoms with Gasteiger partial charge in [0.05, 0.1) is 29.6 Å². The molecular formula is C27H37F3N6O4. The summed E-state index contributed by atoms with van der Waals surface area (Å²) >= 11 is 0. The third-order valence-corrected chi connectivity index (χ3v) is 7.26. The second kappa shape index (κ2) is 11.6. The van der Waals surface area contributed by atoms with E-state index in [2.05, 4.69) is 25.7 Å². The predicted molar refractivity (Wildman–Crippen MR) is 143 cm³/mol. The molecule has 3 amide bonds. The molecule has 0 spiro atoms. The third-order valence-electron chi connectivity index (χ3n) is 7.26. The van der Waals surface area contributed by atoms with Crippen molar-refractivity contribution in [2.75, 3.05) is 31.1 Å². The molecule has 1 aromatic heterocycles. The predicted octanol–water partition coefficient (Wildman–Crippen LogP) is 3.82. The number of urea groups is 1. The Morgan fingerprint density at radius 2 is 1.80 bits per heavy atom. The van der Waals surface area contributed by atoms with Crippen LogP contribution in [-0.2, 0) is 20.5 Å². The maximum absolute atomic E-state index is 13.4. The zero-order valence-corrected chi connectivity index (χ0v) is 23.2. The van der Waals surface area contributed by atoms with Gasteiger partial charge in [0.25, 0.3) is 0 Å². The molecule has 1 aliphatic heterocycles. The number of aromatic amines is 1. The number of alkyl halides is 3. The lowest BCUT2D eigenvalue weighted by molar-refractivity contribution is -0.149. The quantitative estimate of drug-likeness (QED) is 0.439. The van der Waals surface area contributed by atoms with Crippen LogP contribution in [0.25, 0.3) is 10.9 Å². The zero-order valence-electron chi connectivity index (χ0n) is 23.2. The van der Waals surface area contributed by atoms with E-state index >= 15 is 0 Å². The summed E-state index contributed by atoms with van der Waals surface area (Å²) in [5.41, 5.74) is -1.23. The number of H-pyrrole nitrogens is 1. The fourth-order valence-electron chi connectivity index (χ4n) is 5.27.